The standard InChI is InChI=1S/C12H10N2O3S/c15-10(6-8-2-1-4-13-7-8)14-11-9(12(16)17)3-5-18-11/h1-5,7H,6H2,(H,14,15)(H,16,17). The monoisotopic (exact) mass is 262 g/mol. The fourth-order valence-corrected chi connectivity index (χ4v) is 2.23. The molecule has 0 aromatic carbocycles. The Morgan fingerprint density at radius 3 is 2.89 bits per heavy atom. The largest absolute Gasteiger partial charge is 0.478 e. The number of aromatic carboxylic acids is 1. The molecule has 2 heterocycles. The summed E-state index contributed by atoms with van der Waals surface area (Å²) in [7, 11) is 0. The molecule has 0 radical (unpaired) electrons. The van der Waals surface area contributed by atoms with Gasteiger partial charge in [0.1, 0.15) is 5.00 Å². The Bertz CT molecular complexity index is 566. The fraction of sp³-hybridized carbons (Fsp3) is 0.0833. The highest BCUT2D eigenvalue weighted by molar-refractivity contribution is 7.14. The predicted molar refractivity (Wildman–Crippen MR) is 67.8 cm³/mol. The van der Waals surface area contributed by atoms with Crippen molar-refractivity contribution in [2.24, 2.45) is 0 Å². The van der Waals surface area contributed by atoms with Crippen molar-refractivity contribution in [2.75, 3.05) is 5.32 Å². The summed E-state index contributed by atoms with van der Waals surface area (Å²) in [5, 5.41) is 13.5. The molecule has 0 spiro atoms. The van der Waals surface area contributed by atoms with Crippen LogP contribution in [-0.2, 0) is 11.2 Å². The second kappa shape index (κ2) is 5.42. The molecule has 0 unspecified atom stereocenters. The van der Waals surface area contributed by atoms with Gasteiger partial charge in [-0.25, -0.2) is 4.79 Å². The number of thiophene rings is 1. The summed E-state index contributed by atoms with van der Waals surface area (Å²) < 4.78 is 0. The van der Waals surface area contributed by atoms with Crippen LogP contribution in [0.4, 0.5) is 5.00 Å². The number of hydrogen-bond acceptors (Lipinski definition) is 4. The van der Waals surface area contributed by atoms with Crippen LogP contribution in [0.25, 0.3) is 0 Å². The third-order valence-electron chi connectivity index (χ3n) is 2.24. The van der Waals surface area contributed by atoms with E-state index in [1.807, 2.05) is 0 Å². The Labute approximate surface area is 107 Å². The molecular formula is C12H10N2O3S. The van der Waals surface area contributed by atoms with Crippen LogP contribution in [0.2, 0.25) is 0 Å². The lowest BCUT2D eigenvalue weighted by molar-refractivity contribution is -0.115. The summed E-state index contributed by atoms with van der Waals surface area (Å²) in [6.07, 6.45) is 3.40. The Hall–Kier alpha value is -2.21. The summed E-state index contributed by atoms with van der Waals surface area (Å²) in [6, 6.07) is 5.00. The Morgan fingerprint density at radius 2 is 2.22 bits per heavy atom. The molecule has 0 saturated heterocycles. The smallest absolute Gasteiger partial charge is 0.338 e. The first-order valence-corrected chi connectivity index (χ1v) is 6.04. The molecule has 92 valence electrons. The number of amides is 1. The van der Waals surface area contributed by atoms with Gasteiger partial charge in [0.15, 0.2) is 0 Å². The van der Waals surface area contributed by atoms with Crippen molar-refractivity contribution in [1.82, 2.24) is 4.98 Å². The second-order valence-electron chi connectivity index (χ2n) is 3.55. The maximum Gasteiger partial charge on any atom is 0.338 e. The van der Waals surface area contributed by atoms with E-state index in [0.717, 1.165) is 5.56 Å². The second-order valence-corrected chi connectivity index (χ2v) is 4.47. The van der Waals surface area contributed by atoms with Gasteiger partial charge in [-0.2, -0.15) is 0 Å². The molecule has 2 aromatic rings. The number of carbonyl (C=O) groups is 2. The molecule has 18 heavy (non-hydrogen) atoms. The number of aromatic nitrogens is 1. The molecule has 1 amide bonds. The number of carboxylic acid groups (broad SMARTS) is 1. The molecule has 6 heteroatoms. The minimum Gasteiger partial charge on any atom is -0.478 e. The highest BCUT2D eigenvalue weighted by Crippen LogP contribution is 2.23. The quantitative estimate of drug-likeness (QED) is 0.883. The van der Waals surface area contributed by atoms with E-state index in [9.17, 15) is 9.59 Å². The number of anilines is 1. The molecule has 0 aliphatic rings. The summed E-state index contributed by atoms with van der Waals surface area (Å²) in [4.78, 5) is 26.5. The van der Waals surface area contributed by atoms with E-state index in [1.54, 1.807) is 29.9 Å². The van der Waals surface area contributed by atoms with Gasteiger partial charge < -0.3 is 10.4 Å². The van der Waals surface area contributed by atoms with Gasteiger partial charge in [-0.1, -0.05) is 6.07 Å². The highest BCUT2D eigenvalue weighted by atomic mass is 32.1. The van der Waals surface area contributed by atoms with Gasteiger partial charge in [-0.15, -0.1) is 11.3 Å². The molecule has 2 rings (SSSR count). The number of nitrogens with zero attached hydrogens (tertiary/aromatic N) is 1. The average Bonchev–Trinajstić information content (AvgIpc) is 2.78. The molecule has 5 nitrogen and oxygen atoms in total. The zero-order valence-corrected chi connectivity index (χ0v) is 10.1. The summed E-state index contributed by atoms with van der Waals surface area (Å²) >= 11 is 1.19. The maximum atomic E-state index is 11.7. The Morgan fingerprint density at radius 1 is 1.39 bits per heavy atom. The lowest BCUT2D eigenvalue weighted by Gasteiger charge is -2.03. The Balaban J connectivity index is 2.04. The van der Waals surface area contributed by atoms with Gasteiger partial charge >= 0.3 is 5.97 Å². The first-order valence-electron chi connectivity index (χ1n) is 5.16. The van der Waals surface area contributed by atoms with Gasteiger partial charge in [-0.3, -0.25) is 9.78 Å². The van der Waals surface area contributed by atoms with Gasteiger partial charge in [0.05, 0.1) is 12.0 Å². The molecule has 2 aromatic heterocycles. The number of rotatable bonds is 4. The van der Waals surface area contributed by atoms with E-state index in [1.165, 1.54) is 17.4 Å². The first kappa shape index (κ1) is 12.3. The minimum absolute atomic E-state index is 0.111. The van der Waals surface area contributed by atoms with Crippen molar-refractivity contribution in [3.8, 4) is 0 Å². The van der Waals surface area contributed by atoms with E-state index in [-0.39, 0.29) is 17.9 Å². The maximum absolute atomic E-state index is 11.7. The van der Waals surface area contributed by atoms with Gasteiger partial charge in [-0.05, 0) is 23.1 Å². The van der Waals surface area contributed by atoms with E-state index < -0.39 is 5.97 Å². The van der Waals surface area contributed by atoms with Crippen LogP contribution in [0.1, 0.15) is 15.9 Å². The molecule has 0 fully saturated rings. The van der Waals surface area contributed by atoms with Crippen molar-refractivity contribution in [1.29, 1.82) is 0 Å². The van der Waals surface area contributed by atoms with Crippen LogP contribution in [-0.4, -0.2) is 22.0 Å². The lowest BCUT2D eigenvalue weighted by atomic mass is 10.2. The van der Waals surface area contributed by atoms with Crippen LogP contribution in [0.5, 0.6) is 0 Å². The van der Waals surface area contributed by atoms with Crippen LogP contribution >= 0.6 is 11.3 Å². The number of nitrogens with one attached hydrogen (secondary N) is 1. The lowest BCUT2D eigenvalue weighted by Crippen LogP contribution is -2.15. The molecule has 0 bridgehead atoms. The van der Waals surface area contributed by atoms with Crippen molar-refractivity contribution in [2.45, 2.75) is 6.42 Å². The van der Waals surface area contributed by atoms with Crippen LogP contribution in [0, 0.1) is 0 Å². The van der Waals surface area contributed by atoms with E-state index in [0.29, 0.717) is 5.00 Å². The predicted octanol–water partition coefficient (Wildman–Crippen LogP) is 2.02. The minimum atomic E-state index is -1.05. The topological polar surface area (TPSA) is 79.3 Å². The SMILES string of the molecule is O=C(Cc1cccnc1)Nc1sccc1C(=O)O. The Kier molecular flexibility index (Phi) is 3.69. The van der Waals surface area contributed by atoms with Crippen LogP contribution < -0.4 is 5.32 Å². The molecule has 0 saturated carbocycles. The van der Waals surface area contributed by atoms with E-state index in [4.69, 9.17) is 5.11 Å². The molecule has 0 aliphatic carbocycles. The molecule has 0 atom stereocenters. The van der Waals surface area contributed by atoms with Crippen molar-refractivity contribution in [3.63, 3.8) is 0 Å². The van der Waals surface area contributed by atoms with Gasteiger partial charge in [0.25, 0.3) is 0 Å². The zero-order chi connectivity index (χ0) is 13.0. The number of hydrogen-bond donors (Lipinski definition) is 2. The third-order valence-corrected chi connectivity index (χ3v) is 3.07. The number of carbonyl (C=O) groups excluding carboxylic acids is 1. The fourth-order valence-electron chi connectivity index (χ4n) is 1.43. The summed E-state index contributed by atoms with van der Waals surface area (Å²) in [5.74, 6) is -1.30. The van der Waals surface area contributed by atoms with Gasteiger partial charge in [0, 0.05) is 12.4 Å². The van der Waals surface area contributed by atoms with Crippen molar-refractivity contribution < 1.29 is 14.7 Å². The summed E-state index contributed by atoms with van der Waals surface area (Å²) in [6.45, 7) is 0. The van der Waals surface area contributed by atoms with E-state index in [2.05, 4.69) is 10.3 Å². The summed E-state index contributed by atoms with van der Waals surface area (Å²) in [5.41, 5.74) is 0.892. The molecule has 2 N–H and O–H groups in total. The van der Waals surface area contributed by atoms with Crippen molar-refractivity contribution >= 4 is 28.2 Å². The zero-order valence-electron chi connectivity index (χ0n) is 9.29. The first-order chi connectivity index (χ1) is 8.66. The van der Waals surface area contributed by atoms with Crippen LogP contribution in [0.3, 0.4) is 0 Å². The van der Waals surface area contributed by atoms with E-state index >= 15 is 0 Å². The molecule has 0 aliphatic heterocycles. The number of pyridine rings is 1. The van der Waals surface area contributed by atoms with Gasteiger partial charge in [0.2, 0.25) is 5.91 Å². The van der Waals surface area contributed by atoms with Crippen molar-refractivity contribution in [3.05, 3.63) is 47.1 Å². The van der Waals surface area contributed by atoms with Crippen LogP contribution in [0.15, 0.2) is 36.0 Å². The highest BCUT2D eigenvalue weighted by Gasteiger charge is 2.13. The normalized spacial score (nSPS) is 10.0. The molecular weight excluding hydrogens is 252 g/mol. The third kappa shape index (κ3) is 2.92. The average molecular weight is 262 g/mol. The number of carboxylic acids is 1.